The molecule has 0 radical (unpaired) electrons. The average molecular weight is 325 g/mol. The molecule has 0 spiro atoms. The second kappa shape index (κ2) is 7.64. The molecule has 0 aromatic rings. The molecule has 1 saturated heterocycles. The number of ketones is 1. The predicted molar refractivity (Wildman–Crippen MR) is 87.6 cm³/mol. The highest BCUT2D eigenvalue weighted by atomic mass is 35.5. The monoisotopic (exact) mass is 324 g/mol. The van der Waals surface area contributed by atoms with Gasteiger partial charge in [0.25, 0.3) is 0 Å². The minimum atomic E-state index is -0.282. The molecule has 0 aromatic heterocycles. The van der Waals surface area contributed by atoms with E-state index in [0.29, 0.717) is 25.5 Å². The van der Waals surface area contributed by atoms with Gasteiger partial charge in [0.15, 0.2) is 6.29 Å². The van der Waals surface area contributed by atoms with E-state index < -0.39 is 0 Å². The van der Waals surface area contributed by atoms with Crippen LogP contribution in [0.2, 0.25) is 0 Å². The third-order valence-corrected chi connectivity index (χ3v) is 4.94. The molecule has 0 aromatic carbocycles. The lowest BCUT2D eigenvalue weighted by atomic mass is 9.64. The van der Waals surface area contributed by atoms with Crippen molar-refractivity contribution in [3.05, 3.63) is 11.1 Å². The molecular weight excluding hydrogens is 300 g/mol. The third-order valence-electron chi connectivity index (χ3n) is 4.67. The summed E-state index contributed by atoms with van der Waals surface area (Å²) in [6.07, 6.45) is 3.17. The van der Waals surface area contributed by atoms with Crippen molar-refractivity contribution in [3.63, 3.8) is 0 Å². The highest BCUT2D eigenvalue weighted by Crippen LogP contribution is 2.47. The van der Waals surface area contributed by atoms with Crippen molar-refractivity contribution < 1.29 is 14.3 Å². The van der Waals surface area contributed by atoms with Crippen LogP contribution in [0, 0.1) is 23.2 Å². The van der Waals surface area contributed by atoms with Crippen LogP contribution in [0.3, 0.4) is 0 Å². The van der Waals surface area contributed by atoms with Crippen LogP contribution in [0.25, 0.3) is 0 Å². The number of unbranched alkanes of at least 4 members (excludes halogenated alkanes) is 1. The molecule has 0 bridgehead atoms. The molecule has 1 fully saturated rings. The van der Waals surface area contributed by atoms with E-state index in [-0.39, 0.29) is 23.4 Å². The quantitative estimate of drug-likeness (QED) is 0.342. The van der Waals surface area contributed by atoms with Crippen LogP contribution in [0.1, 0.15) is 46.5 Å². The maximum Gasteiger partial charge on any atom is 0.232 e. The van der Waals surface area contributed by atoms with Crippen molar-refractivity contribution in [1.29, 1.82) is 0 Å². The number of halogens is 1. The first-order chi connectivity index (χ1) is 10.5. The van der Waals surface area contributed by atoms with E-state index in [1.807, 2.05) is 6.92 Å². The maximum absolute atomic E-state index is 12.6. The molecule has 1 heterocycles. The predicted octanol–water partition coefficient (Wildman–Crippen LogP) is 3.70. The standard InChI is InChI=1S/C18H25ClO3/c1-13-8-9-14(17-21-11-12-22-17)18(2,3)16(13)15(20)7-5-4-6-10-19/h14,17H,4,6,8-12H2,1-3H3. The Morgan fingerprint density at radius 3 is 2.68 bits per heavy atom. The van der Waals surface area contributed by atoms with Gasteiger partial charge < -0.3 is 9.47 Å². The topological polar surface area (TPSA) is 35.5 Å². The van der Waals surface area contributed by atoms with Crippen LogP contribution in [0.15, 0.2) is 11.1 Å². The van der Waals surface area contributed by atoms with Crippen molar-refractivity contribution in [2.75, 3.05) is 19.1 Å². The lowest BCUT2D eigenvalue weighted by molar-refractivity contribution is -0.122. The van der Waals surface area contributed by atoms with Gasteiger partial charge in [0, 0.05) is 29.2 Å². The van der Waals surface area contributed by atoms with Crippen molar-refractivity contribution in [2.24, 2.45) is 11.3 Å². The first kappa shape index (κ1) is 17.5. The number of Topliss-reactive ketones (excluding diaryl/α,β-unsaturated/α-hetero) is 1. The zero-order valence-corrected chi connectivity index (χ0v) is 14.5. The van der Waals surface area contributed by atoms with Gasteiger partial charge in [-0.2, -0.15) is 0 Å². The fourth-order valence-corrected chi connectivity index (χ4v) is 3.66. The second-order valence-corrected chi connectivity index (χ2v) is 6.93. The van der Waals surface area contributed by atoms with Gasteiger partial charge in [-0.3, -0.25) is 4.79 Å². The number of carbonyl (C=O) groups excluding carboxylic acids is 1. The Hall–Kier alpha value is -0.820. The van der Waals surface area contributed by atoms with Gasteiger partial charge in [-0.05, 0) is 32.1 Å². The summed E-state index contributed by atoms with van der Waals surface area (Å²) in [5.74, 6) is 6.46. The fourth-order valence-electron chi connectivity index (χ4n) is 3.53. The first-order valence-corrected chi connectivity index (χ1v) is 8.54. The number of ether oxygens (including phenoxy) is 2. The maximum atomic E-state index is 12.6. The smallest absolute Gasteiger partial charge is 0.232 e. The molecule has 4 heteroatoms. The summed E-state index contributed by atoms with van der Waals surface area (Å²) in [5.41, 5.74) is 1.72. The Kier molecular flexibility index (Phi) is 6.09. The number of rotatable bonds is 4. The zero-order chi connectivity index (χ0) is 16.2. The molecule has 1 aliphatic heterocycles. The minimum absolute atomic E-state index is 0.0558. The largest absolute Gasteiger partial charge is 0.350 e. The molecule has 1 aliphatic carbocycles. The summed E-state index contributed by atoms with van der Waals surface area (Å²) in [6.45, 7) is 7.54. The summed E-state index contributed by atoms with van der Waals surface area (Å²) in [7, 11) is 0. The van der Waals surface area contributed by atoms with Crippen LogP contribution in [-0.4, -0.2) is 31.2 Å². The summed E-state index contributed by atoms with van der Waals surface area (Å²) < 4.78 is 11.4. The molecule has 2 aliphatic rings. The number of hydrogen-bond acceptors (Lipinski definition) is 3. The van der Waals surface area contributed by atoms with E-state index in [2.05, 4.69) is 25.7 Å². The van der Waals surface area contributed by atoms with Gasteiger partial charge in [0.1, 0.15) is 0 Å². The normalized spacial score (nSPS) is 25.0. The van der Waals surface area contributed by atoms with Crippen molar-refractivity contribution in [3.8, 4) is 11.8 Å². The molecule has 0 amide bonds. The fraction of sp³-hybridized carbons (Fsp3) is 0.722. The second-order valence-electron chi connectivity index (χ2n) is 6.56. The summed E-state index contributed by atoms with van der Waals surface area (Å²) in [6, 6.07) is 0. The molecule has 0 saturated carbocycles. The Balaban J connectivity index is 2.19. The zero-order valence-electron chi connectivity index (χ0n) is 13.7. The number of hydrogen-bond donors (Lipinski definition) is 0. The van der Waals surface area contributed by atoms with E-state index >= 15 is 0 Å². The summed E-state index contributed by atoms with van der Waals surface area (Å²) >= 11 is 5.64. The van der Waals surface area contributed by atoms with Crippen molar-refractivity contribution >= 4 is 17.4 Å². The lowest BCUT2D eigenvalue weighted by Gasteiger charge is -2.42. The van der Waals surface area contributed by atoms with Crippen LogP contribution in [-0.2, 0) is 14.3 Å². The van der Waals surface area contributed by atoms with Crippen molar-refractivity contribution in [1.82, 2.24) is 0 Å². The number of alkyl halides is 1. The first-order valence-electron chi connectivity index (χ1n) is 8.01. The SMILES string of the molecule is CC1=C(C(=O)C#CCCCCl)C(C)(C)C(C2OCCO2)CC1. The Morgan fingerprint density at radius 2 is 2.05 bits per heavy atom. The van der Waals surface area contributed by atoms with E-state index in [1.54, 1.807) is 0 Å². The number of allylic oxidation sites excluding steroid dienone is 2. The van der Waals surface area contributed by atoms with Gasteiger partial charge in [0.05, 0.1) is 13.2 Å². The van der Waals surface area contributed by atoms with Gasteiger partial charge in [-0.25, -0.2) is 0 Å². The van der Waals surface area contributed by atoms with Crippen LogP contribution < -0.4 is 0 Å². The van der Waals surface area contributed by atoms with E-state index in [1.165, 1.54) is 0 Å². The van der Waals surface area contributed by atoms with Crippen molar-refractivity contribution in [2.45, 2.75) is 52.7 Å². The van der Waals surface area contributed by atoms with Gasteiger partial charge in [-0.1, -0.05) is 25.3 Å². The Morgan fingerprint density at radius 1 is 1.36 bits per heavy atom. The van der Waals surface area contributed by atoms with Gasteiger partial charge >= 0.3 is 0 Å². The molecule has 2 rings (SSSR count). The van der Waals surface area contributed by atoms with E-state index in [4.69, 9.17) is 21.1 Å². The molecular formula is C18H25ClO3. The molecule has 122 valence electrons. The molecule has 0 N–H and O–H groups in total. The highest BCUT2D eigenvalue weighted by Gasteiger charge is 2.45. The number of carbonyl (C=O) groups is 1. The third kappa shape index (κ3) is 3.74. The van der Waals surface area contributed by atoms with Crippen LogP contribution in [0.5, 0.6) is 0 Å². The molecule has 1 atom stereocenters. The van der Waals surface area contributed by atoms with E-state index in [9.17, 15) is 4.79 Å². The molecule has 3 nitrogen and oxygen atoms in total. The van der Waals surface area contributed by atoms with E-state index in [0.717, 1.165) is 30.4 Å². The van der Waals surface area contributed by atoms with Gasteiger partial charge in [0.2, 0.25) is 5.78 Å². The van der Waals surface area contributed by atoms with Crippen LogP contribution in [0.4, 0.5) is 0 Å². The Labute approximate surface area is 138 Å². The molecule has 22 heavy (non-hydrogen) atoms. The Bertz CT molecular complexity index is 504. The van der Waals surface area contributed by atoms with Gasteiger partial charge in [-0.15, -0.1) is 11.6 Å². The minimum Gasteiger partial charge on any atom is -0.350 e. The summed E-state index contributed by atoms with van der Waals surface area (Å²) in [5, 5.41) is 0. The summed E-state index contributed by atoms with van der Waals surface area (Å²) in [4.78, 5) is 12.6. The highest BCUT2D eigenvalue weighted by molar-refractivity contribution is 6.17. The lowest BCUT2D eigenvalue weighted by Crippen LogP contribution is -2.41. The average Bonchev–Trinajstić information content (AvgIpc) is 2.96. The molecule has 1 unspecified atom stereocenters. The van der Waals surface area contributed by atoms with Crippen LogP contribution >= 0.6 is 11.6 Å².